The first-order chi connectivity index (χ1) is 11.5. The Morgan fingerprint density at radius 2 is 1.62 bits per heavy atom. The van der Waals surface area contributed by atoms with E-state index in [0.717, 1.165) is 4.47 Å². The van der Waals surface area contributed by atoms with Gasteiger partial charge in [-0.2, -0.15) is 5.26 Å². The molecule has 0 atom stereocenters. The summed E-state index contributed by atoms with van der Waals surface area (Å²) >= 11 is 3.30. The zero-order chi connectivity index (χ0) is 17.5. The summed E-state index contributed by atoms with van der Waals surface area (Å²) in [6.45, 7) is 0. The average molecular weight is 386 g/mol. The lowest BCUT2D eigenvalue weighted by atomic mass is 10.2. The molecule has 0 radical (unpaired) electrons. The van der Waals surface area contributed by atoms with Gasteiger partial charge in [-0.3, -0.25) is 4.79 Å². The van der Waals surface area contributed by atoms with Gasteiger partial charge in [0.1, 0.15) is 11.6 Å². The van der Waals surface area contributed by atoms with Gasteiger partial charge in [-0.15, -0.1) is 0 Å². The van der Waals surface area contributed by atoms with Crippen molar-refractivity contribution in [1.82, 2.24) is 0 Å². The van der Waals surface area contributed by atoms with E-state index in [0.29, 0.717) is 11.4 Å². The lowest BCUT2D eigenvalue weighted by molar-refractivity contribution is -0.112. The fraction of sp³-hybridized carbons (Fsp3) is 0. The first-order valence-corrected chi connectivity index (χ1v) is 7.56. The molecule has 0 saturated heterocycles. The molecule has 0 aliphatic carbocycles. The maximum Gasteiger partial charge on any atom is 0.335 e. The fourth-order valence-corrected chi connectivity index (χ4v) is 2.01. The number of carboxylic acid groups (broad SMARTS) is 1. The van der Waals surface area contributed by atoms with Gasteiger partial charge in [-0.05, 0) is 48.5 Å². The summed E-state index contributed by atoms with van der Waals surface area (Å²) < 4.78 is 0.878. The maximum atomic E-state index is 12.1. The van der Waals surface area contributed by atoms with Crippen LogP contribution in [-0.4, -0.2) is 17.0 Å². The third kappa shape index (κ3) is 4.69. The van der Waals surface area contributed by atoms with Crippen LogP contribution in [0.15, 0.2) is 64.8 Å². The number of anilines is 2. The summed E-state index contributed by atoms with van der Waals surface area (Å²) in [5.74, 6) is -1.57. The third-order valence-electron chi connectivity index (χ3n) is 2.98. The van der Waals surface area contributed by atoms with Gasteiger partial charge in [0.25, 0.3) is 5.91 Å². The molecule has 2 aromatic carbocycles. The monoisotopic (exact) mass is 385 g/mol. The Kier molecular flexibility index (Phi) is 5.71. The van der Waals surface area contributed by atoms with Gasteiger partial charge >= 0.3 is 5.97 Å². The number of carbonyl (C=O) groups excluding carboxylic acids is 1. The molecule has 0 aromatic heterocycles. The standard InChI is InChI=1S/C17H12BrN3O3/c18-13-3-7-15(8-4-13)21-16(22)12(9-19)10-20-14-5-1-11(2-6-14)17(23)24/h1-8,10,20H,(H,21,22)(H,23,24)/b12-10-. The molecule has 0 saturated carbocycles. The molecule has 6 nitrogen and oxygen atoms in total. The maximum absolute atomic E-state index is 12.1. The van der Waals surface area contributed by atoms with Gasteiger partial charge in [-0.1, -0.05) is 15.9 Å². The van der Waals surface area contributed by atoms with Gasteiger partial charge < -0.3 is 15.7 Å². The normalized spacial score (nSPS) is 10.6. The SMILES string of the molecule is N#C/C(=C/Nc1ccc(C(=O)O)cc1)C(=O)Nc1ccc(Br)cc1. The first kappa shape index (κ1) is 17.2. The van der Waals surface area contributed by atoms with Crippen molar-refractivity contribution in [2.75, 3.05) is 10.6 Å². The number of nitrogens with one attached hydrogen (secondary N) is 2. The molecule has 0 spiro atoms. The Balaban J connectivity index is 2.05. The topological polar surface area (TPSA) is 102 Å². The summed E-state index contributed by atoms with van der Waals surface area (Å²) in [5, 5.41) is 23.3. The van der Waals surface area contributed by atoms with Gasteiger partial charge in [0.2, 0.25) is 0 Å². The van der Waals surface area contributed by atoms with Crippen LogP contribution in [-0.2, 0) is 4.79 Å². The van der Waals surface area contributed by atoms with Crippen molar-refractivity contribution < 1.29 is 14.7 Å². The number of hydrogen-bond acceptors (Lipinski definition) is 4. The predicted octanol–water partition coefficient (Wildman–Crippen LogP) is 3.61. The predicted molar refractivity (Wildman–Crippen MR) is 93.5 cm³/mol. The van der Waals surface area contributed by atoms with Gasteiger partial charge in [0.15, 0.2) is 0 Å². The number of halogens is 1. The van der Waals surface area contributed by atoms with E-state index in [9.17, 15) is 9.59 Å². The summed E-state index contributed by atoms with van der Waals surface area (Å²) in [5.41, 5.74) is 1.16. The lowest BCUT2D eigenvalue weighted by Gasteiger charge is -2.05. The second kappa shape index (κ2) is 7.94. The van der Waals surface area contributed by atoms with Crippen LogP contribution in [0, 0.1) is 11.3 Å². The Bertz CT molecular complexity index is 822. The van der Waals surface area contributed by atoms with E-state index in [4.69, 9.17) is 10.4 Å². The number of carboxylic acids is 1. The highest BCUT2D eigenvalue weighted by Crippen LogP contribution is 2.15. The Morgan fingerprint density at radius 1 is 1.04 bits per heavy atom. The minimum atomic E-state index is -1.02. The van der Waals surface area contributed by atoms with Crippen molar-refractivity contribution in [3.05, 3.63) is 70.3 Å². The van der Waals surface area contributed by atoms with Crippen LogP contribution >= 0.6 is 15.9 Å². The summed E-state index contributed by atoms with van der Waals surface area (Å²) in [7, 11) is 0. The van der Waals surface area contributed by atoms with Crippen LogP contribution in [0.4, 0.5) is 11.4 Å². The number of aromatic carboxylic acids is 1. The van der Waals surface area contributed by atoms with E-state index in [1.54, 1.807) is 36.4 Å². The molecular formula is C17H12BrN3O3. The highest BCUT2D eigenvalue weighted by atomic mass is 79.9. The smallest absolute Gasteiger partial charge is 0.335 e. The highest BCUT2D eigenvalue weighted by Gasteiger charge is 2.09. The zero-order valence-corrected chi connectivity index (χ0v) is 13.9. The van der Waals surface area contributed by atoms with Crippen LogP contribution in [0.2, 0.25) is 0 Å². The van der Waals surface area contributed by atoms with E-state index in [1.165, 1.54) is 18.3 Å². The fourth-order valence-electron chi connectivity index (χ4n) is 1.74. The number of rotatable bonds is 5. The van der Waals surface area contributed by atoms with Crippen LogP contribution in [0.3, 0.4) is 0 Å². The minimum absolute atomic E-state index is 0.111. The molecule has 0 fully saturated rings. The largest absolute Gasteiger partial charge is 0.478 e. The molecule has 120 valence electrons. The molecule has 0 aliphatic rings. The number of hydrogen-bond donors (Lipinski definition) is 3. The van der Waals surface area contributed by atoms with Crippen molar-refractivity contribution in [3.8, 4) is 6.07 Å². The molecule has 7 heteroatoms. The molecule has 0 unspecified atom stereocenters. The molecule has 3 N–H and O–H groups in total. The summed E-state index contributed by atoms with van der Waals surface area (Å²) in [6.07, 6.45) is 1.27. The third-order valence-corrected chi connectivity index (χ3v) is 3.51. The van der Waals surface area contributed by atoms with E-state index < -0.39 is 11.9 Å². The van der Waals surface area contributed by atoms with Crippen LogP contribution in [0.25, 0.3) is 0 Å². The van der Waals surface area contributed by atoms with E-state index in [-0.39, 0.29) is 11.1 Å². The van der Waals surface area contributed by atoms with Crippen molar-refractivity contribution in [2.24, 2.45) is 0 Å². The van der Waals surface area contributed by atoms with Crippen LogP contribution < -0.4 is 10.6 Å². The second-order valence-corrected chi connectivity index (χ2v) is 5.57. The summed E-state index contributed by atoms with van der Waals surface area (Å²) in [6, 6.07) is 14.7. The molecule has 24 heavy (non-hydrogen) atoms. The molecule has 0 heterocycles. The zero-order valence-electron chi connectivity index (χ0n) is 12.3. The lowest BCUT2D eigenvalue weighted by Crippen LogP contribution is -2.14. The number of nitrogens with zero attached hydrogens (tertiary/aromatic N) is 1. The van der Waals surface area contributed by atoms with Crippen LogP contribution in [0.1, 0.15) is 10.4 Å². The Labute approximate surface area is 146 Å². The molecule has 0 bridgehead atoms. The van der Waals surface area contributed by atoms with Crippen molar-refractivity contribution in [2.45, 2.75) is 0 Å². The number of nitriles is 1. The molecule has 2 rings (SSSR count). The van der Waals surface area contributed by atoms with Gasteiger partial charge in [0.05, 0.1) is 5.56 Å². The van der Waals surface area contributed by atoms with E-state index in [2.05, 4.69) is 26.6 Å². The Hall–Kier alpha value is -3.11. The van der Waals surface area contributed by atoms with E-state index >= 15 is 0 Å². The van der Waals surface area contributed by atoms with Crippen molar-refractivity contribution in [1.29, 1.82) is 5.26 Å². The number of benzene rings is 2. The molecular weight excluding hydrogens is 374 g/mol. The highest BCUT2D eigenvalue weighted by molar-refractivity contribution is 9.10. The molecule has 0 aliphatic heterocycles. The Morgan fingerprint density at radius 3 is 2.17 bits per heavy atom. The van der Waals surface area contributed by atoms with Crippen molar-refractivity contribution >= 4 is 39.2 Å². The molecule has 2 aromatic rings. The van der Waals surface area contributed by atoms with Crippen molar-refractivity contribution in [3.63, 3.8) is 0 Å². The average Bonchev–Trinajstić information content (AvgIpc) is 2.58. The first-order valence-electron chi connectivity index (χ1n) is 6.76. The second-order valence-electron chi connectivity index (χ2n) is 4.66. The van der Waals surface area contributed by atoms with E-state index in [1.807, 2.05) is 6.07 Å². The minimum Gasteiger partial charge on any atom is -0.478 e. The molecule has 1 amide bonds. The number of carbonyl (C=O) groups is 2. The van der Waals surface area contributed by atoms with Gasteiger partial charge in [-0.25, -0.2) is 4.79 Å². The summed E-state index contributed by atoms with van der Waals surface area (Å²) in [4.78, 5) is 22.8. The quantitative estimate of drug-likeness (QED) is 0.538. The number of amides is 1. The van der Waals surface area contributed by atoms with Crippen LogP contribution in [0.5, 0.6) is 0 Å². The van der Waals surface area contributed by atoms with Gasteiger partial charge in [0, 0.05) is 22.0 Å².